The van der Waals surface area contributed by atoms with Gasteiger partial charge >= 0.3 is 6.61 Å². The number of hydrogen-bond donors (Lipinski definition) is 2. The summed E-state index contributed by atoms with van der Waals surface area (Å²) in [6, 6.07) is 6.25. The smallest absolute Gasteiger partial charge is 0.387 e. The monoisotopic (exact) mass is 244 g/mol. The molecule has 1 rings (SSSR count). The number of halogens is 2. The molecule has 0 radical (unpaired) electrons. The van der Waals surface area contributed by atoms with E-state index in [1.807, 2.05) is 0 Å². The molecule has 0 aliphatic heterocycles. The van der Waals surface area contributed by atoms with Crippen LogP contribution in [0.15, 0.2) is 24.3 Å². The molecule has 0 saturated heterocycles. The van der Waals surface area contributed by atoms with Crippen LogP contribution in [0.25, 0.3) is 0 Å². The van der Waals surface area contributed by atoms with Crippen molar-refractivity contribution in [1.29, 1.82) is 0 Å². The Hall–Kier alpha value is -1.69. The molecule has 4 nitrogen and oxygen atoms in total. The van der Waals surface area contributed by atoms with Crippen LogP contribution < -0.4 is 16.2 Å². The molecule has 1 aromatic carbocycles. The van der Waals surface area contributed by atoms with E-state index in [1.54, 1.807) is 18.2 Å². The van der Waals surface area contributed by atoms with Gasteiger partial charge in [0.1, 0.15) is 5.75 Å². The average molecular weight is 244 g/mol. The van der Waals surface area contributed by atoms with Crippen LogP contribution in [0.3, 0.4) is 0 Å². The SMILES string of the molecule is NCC(Cc1ccccc1OC(F)F)C(N)=O. The van der Waals surface area contributed by atoms with Crippen molar-refractivity contribution < 1.29 is 18.3 Å². The zero-order valence-corrected chi connectivity index (χ0v) is 9.11. The van der Waals surface area contributed by atoms with E-state index in [-0.39, 0.29) is 18.7 Å². The summed E-state index contributed by atoms with van der Waals surface area (Å²) in [6.07, 6.45) is 0.189. The van der Waals surface area contributed by atoms with Gasteiger partial charge in [-0.1, -0.05) is 18.2 Å². The van der Waals surface area contributed by atoms with E-state index in [2.05, 4.69) is 4.74 Å². The van der Waals surface area contributed by atoms with Gasteiger partial charge in [-0.05, 0) is 18.1 Å². The largest absolute Gasteiger partial charge is 0.435 e. The fourth-order valence-electron chi connectivity index (χ4n) is 1.45. The number of hydrogen-bond acceptors (Lipinski definition) is 3. The lowest BCUT2D eigenvalue weighted by Gasteiger charge is -2.14. The lowest BCUT2D eigenvalue weighted by atomic mass is 9.98. The second-order valence-electron chi connectivity index (χ2n) is 3.53. The first-order valence-electron chi connectivity index (χ1n) is 5.06. The number of amides is 1. The lowest BCUT2D eigenvalue weighted by molar-refractivity contribution is -0.121. The molecule has 94 valence electrons. The minimum absolute atomic E-state index is 0.0437. The van der Waals surface area contributed by atoms with Gasteiger partial charge in [0.05, 0.1) is 5.92 Å². The second-order valence-corrected chi connectivity index (χ2v) is 3.53. The van der Waals surface area contributed by atoms with Crippen LogP contribution >= 0.6 is 0 Å². The first kappa shape index (κ1) is 13.4. The first-order chi connectivity index (χ1) is 8.04. The molecule has 6 heteroatoms. The molecule has 0 aliphatic carbocycles. The van der Waals surface area contributed by atoms with Crippen LogP contribution in [0.4, 0.5) is 8.78 Å². The van der Waals surface area contributed by atoms with Crippen LogP contribution in [0.2, 0.25) is 0 Å². The summed E-state index contributed by atoms with van der Waals surface area (Å²) in [5, 5.41) is 0. The topological polar surface area (TPSA) is 78.3 Å². The van der Waals surface area contributed by atoms with E-state index in [9.17, 15) is 13.6 Å². The van der Waals surface area contributed by atoms with Crippen molar-refractivity contribution in [2.24, 2.45) is 17.4 Å². The van der Waals surface area contributed by atoms with Crippen LogP contribution in [-0.4, -0.2) is 19.1 Å². The molecule has 1 atom stereocenters. The van der Waals surface area contributed by atoms with Gasteiger partial charge in [0.2, 0.25) is 5.91 Å². The molecule has 0 fully saturated rings. The zero-order valence-electron chi connectivity index (χ0n) is 9.11. The van der Waals surface area contributed by atoms with Crippen molar-refractivity contribution in [1.82, 2.24) is 0 Å². The van der Waals surface area contributed by atoms with Crippen molar-refractivity contribution in [3.05, 3.63) is 29.8 Å². The third-order valence-corrected chi connectivity index (χ3v) is 2.34. The highest BCUT2D eigenvalue weighted by Crippen LogP contribution is 2.22. The van der Waals surface area contributed by atoms with E-state index in [0.717, 1.165) is 0 Å². The van der Waals surface area contributed by atoms with Crippen molar-refractivity contribution in [3.8, 4) is 5.75 Å². The van der Waals surface area contributed by atoms with Gasteiger partial charge in [-0.15, -0.1) is 0 Å². The predicted octanol–water partition coefficient (Wildman–Crippen LogP) is 0.891. The Morgan fingerprint density at radius 3 is 2.53 bits per heavy atom. The zero-order chi connectivity index (χ0) is 12.8. The van der Waals surface area contributed by atoms with Crippen LogP contribution in [-0.2, 0) is 11.2 Å². The van der Waals surface area contributed by atoms with Crippen LogP contribution in [0.1, 0.15) is 5.56 Å². The minimum Gasteiger partial charge on any atom is -0.435 e. The molecule has 0 aromatic heterocycles. The molecule has 4 N–H and O–H groups in total. The molecule has 17 heavy (non-hydrogen) atoms. The molecule has 0 saturated carbocycles. The Labute approximate surface area is 97.5 Å². The fourth-order valence-corrected chi connectivity index (χ4v) is 1.45. The molecule has 1 aromatic rings. The maximum Gasteiger partial charge on any atom is 0.387 e. The van der Waals surface area contributed by atoms with Crippen molar-refractivity contribution in [2.75, 3.05) is 6.54 Å². The quantitative estimate of drug-likeness (QED) is 0.780. The molecule has 1 amide bonds. The maximum atomic E-state index is 12.1. The highest BCUT2D eigenvalue weighted by atomic mass is 19.3. The van der Waals surface area contributed by atoms with E-state index in [0.29, 0.717) is 5.56 Å². The van der Waals surface area contributed by atoms with Gasteiger partial charge in [0.25, 0.3) is 0 Å². The highest BCUT2D eigenvalue weighted by Gasteiger charge is 2.17. The lowest BCUT2D eigenvalue weighted by Crippen LogP contribution is -2.31. The summed E-state index contributed by atoms with van der Waals surface area (Å²) >= 11 is 0. The Bertz CT molecular complexity index is 385. The van der Waals surface area contributed by atoms with E-state index in [4.69, 9.17) is 11.5 Å². The van der Waals surface area contributed by atoms with Gasteiger partial charge in [-0.2, -0.15) is 8.78 Å². The Balaban J connectivity index is 2.85. The molecule has 1 unspecified atom stereocenters. The van der Waals surface area contributed by atoms with Gasteiger partial charge < -0.3 is 16.2 Å². The van der Waals surface area contributed by atoms with Crippen molar-refractivity contribution >= 4 is 5.91 Å². The van der Waals surface area contributed by atoms with E-state index in [1.165, 1.54) is 6.07 Å². The minimum atomic E-state index is -2.90. The second kappa shape index (κ2) is 6.15. The van der Waals surface area contributed by atoms with Gasteiger partial charge in [0, 0.05) is 6.54 Å². The summed E-state index contributed by atoms with van der Waals surface area (Å²) in [4.78, 5) is 11.0. The molecule has 0 spiro atoms. The van der Waals surface area contributed by atoms with Crippen molar-refractivity contribution in [3.63, 3.8) is 0 Å². The summed E-state index contributed by atoms with van der Waals surface area (Å²) in [5.41, 5.74) is 11.0. The number of nitrogens with two attached hydrogens (primary N) is 2. The third kappa shape index (κ3) is 3.99. The summed E-state index contributed by atoms with van der Waals surface area (Å²) in [7, 11) is 0. The molecular weight excluding hydrogens is 230 g/mol. The number of alkyl halides is 2. The molecule has 0 bridgehead atoms. The van der Waals surface area contributed by atoms with Crippen molar-refractivity contribution in [2.45, 2.75) is 13.0 Å². The Morgan fingerprint density at radius 2 is 2.00 bits per heavy atom. The summed E-state index contributed by atoms with van der Waals surface area (Å²) < 4.78 is 28.6. The van der Waals surface area contributed by atoms with Gasteiger partial charge in [-0.3, -0.25) is 4.79 Å². The average Bonchev–Trinajstić information content (AvgIpc) is 2.26. The number of rotatable bonds is 6. The Kier molecular flexibility index (Phi) is 4.84. The highest BCUT2D eigenvalue weighted by molar-refractivity contribution is 5.77. The number of carbonyl (C=O) groups excluding carboxylic acids is 1. The van der Waals surface area contributed by atoms with Gasteiger partial charge in [0.15, 0.2) is 0 Å². The van der Waals surface area contributed by atoms with E-state index < -0.39 is 18.4 Å². The van der Waals surface area contributed by atoms with Crippen LogP contribution in [0.5, 0.6) is 5.75 Å². The first-order valence-corrected chi connectivity index (χ1v) is 5.06. The predicted molar refractivity (Wildman–Crippen MR) is 58.5 cm³/mol. The fraction of sp³-hybridized carbons (Fsp3) is 0.364. The molecule has 0 heterocycles. The number of ether oxygens (including phenoxy) is 1. The number of carbonyl (C=O) groups is 1. The van der Waals surface area contributed by atoms with E-state index >= 15 is 0 Å². The number of para-hydroxylation sites is 1. The number of primary amides is 1. The number of benzene rings is 1. The maximum absolute atomic E-state index is 12.1. The molecule has 0 aliphatic rings. The standard InChI is InChI=1S/C11H14F2N2O2/c12-11(13)17-9-4-2-1-3-7(9)5-8(6-14)10(15)16/h1-4,8,11H,5-6,14H2,(H2,15,16). The summed E-state index contributed by atoms with van der Waals surface area (Å²) in [6.45, 7) is -2.83. The van der Waals surface area contributed by atoms with Crippen LogP contribution in [0, 0.1) is 5.92 Å². The normalized spacial score (nSPS) is 12.5. The Morgan fingerprint density at radius 1 is 1.35 bits per heavy atom. The third-order valence-electron chi connectivity index (χ3n) is 2.34. The summed E-state index contributed by atoms with van der Waals surface area (Å²) in [5.74, 6) is -1.10. The van der Waals surface area contributed by atoms with Gasteiger partial charge in [-0.25, -0.2) is 0 Å². The molecular formula is C11H14F2N2O2.